The number of aromatic nitrogens is 5. The van der Waals surface area contributed by atoms with Crippen molar-refractivity contribution in [2.24, 2.45) is 0 Å². The molecule has 86 heavy (non-hydrogen) atoms. The summed E-state index contributed by atoms with van der Waals surface area (Å²) >= 11 is 3.45. The highest BCUT2D eigenvalue weighted by Gasteiger charge is 2.29. The van der Waals surface area contributed by atoms with Gasteiger partial charge in [0.25, 0.3) is 11.1 Å². The molecular formula is C69H71BBrN7O8. The fourth-order valence-corrected chi connectivity index (χ4v) is 10.1. The molecule has 0 saturated heterocycles. The van der Waals surface area contributed by atoms with Gasteiger partial charge in [0.2, 0.25) is 11.8 Å². The van der Waals surface area contributed by atoms with E-state index in [1.807, 2.05) is 193 Å². The third-order valence-corrected chi connectivity index (χ3v) is 15.1. The van der Waals surface area contributed by atoms with E-state index in [1.165, 1.54) is 0 Å². The number of ether oxygens (including phenoxy) is 2. The minimum atomic E-state index is -1.34. The van der Waals surface area contributed by atoms with Crippen molar-refractivity contribution in [2.75, 3.05) is 39.5 Å². The fourth-order valence-electron chi connectivity index (χ4n) is 9.85. The maximum Gasteiger partial charge on any atom is 0.488 e. The largest absolute Gasteiger partial charge is 0.488 e. The zero-order chi connectivity index (χ0) is 61.1. The molecule has 0 aliphatic rings. The van der Waals surface area contributed by atoms with Crippen molar-refractivity contribution < 1.29 is 29.1 Å². The number of aryl methyl sites for hydroxylation is 2. The molecule has 0 radical (unpaired) electrons. The predicted octanol–water partition coefficient (Wildman–Crippen LogP) is 10.9. The Labute approximate surface area is 510 Å². The molecule has 3 heterocycles. The third kappa shape index (κ3) is 16.4. The summed E-state index contributed by atoms with van der Waals surface area (Å²) in [4.78, 5) is 72.5. The van der Waals surface area contributed by atoms with Crippen LogP contribution in [0.5, 0.6) is 0 Å². The average Bonchev–Trinajstić information content (AvgIpc) is 2.75. The van der Waals surface area contributed by atoms with Gasteiger partial charge in [-0.15, -0.1) is 0 Å². The summed E-state index contributed by atoms with van der Waals surface area (Å²) in [6.45, 7) is 14.4. The van der Waals surface area contributed by atoms with Gasteiger partial charge >= 0.3 is 7.12 Å². The second-order valence-electron chi connectivity index (χ2n) is 20.5. The number of fused-ring (bicyclic) bond motifs is 2. The van der Waals surface area contributed by atoms with Gasteiger partial charge in [-0.05, 0) is 142 Å². The van der Waals surface area contributed by atoms with Gasteiger partial charge in [0.05, 0.1) is 71.3 Å². The number of amides is 2. The second-order valence-corrected chi connectivity index (χ2v) is 21.5. The van der Waals surface area contributed by atoms with E-state index < -0.39 is 19.2 Å². The number of nitrogens with zero attached hydrogens (tertiary/aromatic N) is 7. The molecule has 3 aromatic heterocycles. The highest BCUT2D eigenvalue weighted by molar-refractivity contribution is 9.10. The van der Waals surface area contributed by atoms with E-state index in [0.29, 0.717) is 84.1 Å². The first-order valence-corrected chi connectivity index (χ1v) is 29.5. The van der Waals surface area contributed by atoms with Gasteiger partial charge in [0.15, 0.2) is 0 Å². The number of hydrogen-bond donors (Lipinski definition) is 2. The van der Waals surface area contributed by atoms with Crippen LogP contribution in [0.1, 0.15) is 73.7 Å². The number of carbonyl (C=O) groups excluding carboxylic acids is 2. The molecule has 0 saturated carbocycles. The lowest BCUT2D eigenvalue weighted by Crippen LogP contribution is -2.40. The van der Waals surface area contributed by atoms with Gasteiger partial charge in [-0.25, -0.2) is 9.97 Å². The zero-order valence-electron chi connectivity index (χ0n) is 49.3. The van der Waals surface area contributed by atoms with E-state index in [-0.39, 0.29) is 35.8 Å². The lowest BCUT2D eigenvalue weighted by molar-refractivity contribution is -0.134. The standard InChI is InChI=1S/C34H34N4O3.C29H30BrN3O3.C6H7BO2/c1-4-41-22-21-37(32(39)23-26-11-13-27(14-12-26)28-17-19-35-20-18-28)25(3)33-36-31-8-6-5-7-30(31)34(40)38(33)29-15-9-24(2)10-16-29;1-4-36-18-17-32(27(34)19-22-11-13-23(30)14-12-22)21(3)28-31-26-8-6-5-7-25(26)29(35)33(28)24-15-9-20(2)10-16-24;8-7(9)6-4-2-1-3-5-6/h5-20,25H,4,21-23H2,1-3H3;5-16,21H,4,17-19H2,1-3H3;1-5,8-9H. The summed E-state index contributed by atoms with van der Waals surface area (Å²) in [6, 6.07) is 57.5. The molecule has 15 nitrogen and oxygen atoms in total. The lowest BCUT2D eigenvalue weighted by Gasteiger charge is -2.30. The maximum absolute atomic E-state index is 13.9. The molecule has 0 bridgehead atoms. The van der Waals surface area contributed by atoms with E-state index in [9.17, 15) is 19.2 Å². The molecule has 440 valence electrons. The van der Waals surface area contributed by atoms with Crippen LogP contribution in [0.2, 0.25) is 0 Å². The monoisotopic (exact) mass is 1220 g/mol. The Hall–Kier alpha value is -8.71. The Morgan fingerprint density at radius 1 is 0.535 bits per heavy atom. The quantitative estimate of drug-likeness (QED) is 0.0547. The van der Waals surface area contributed by atoms with E-state index in [2.05, 4.69) is 20.9 Å². The Balaban J connectivity index is 0.000000196. The minimum Gasteiger partial charge on any atom is -0.423 e. The van der Waals surface area contributed by atoms with Gasteiger partial charge in [0.1, 0.15) is 11.6 Å². The van der Waals surface area contributed by atoms with Crippen LogP contribution in [0.15, 0.2) is 215 Å². The summed E-state index contributed by atoms with van der Waals surface area (Å²) in [7, 11) is -1.34. The molecule has 0 aliphatic carbocycles. The van der Waals surface area contributed by atoms with Crippen LogP contribution < -0.4 is 16.6 Å². The lowest BCUT2D eigenvalue weighted by atomic mass is 9.81. The van der Waals surface area contributed by atoms with E-state index in [0.717, 1.165) is 43.5 Å². The maximum atomic E-state index is 13.9. The predicted molar refractivity (Wildman–Crippen MR) is 345 cm³/mol. The number of pyridine rings is 1. The fraction of sp³-hybridized carbons (Fsp3) is 0.232. The number of rotatable bonds is 20. The molecule has 10 rings (SSSR count). The molecule has 17 heteroatoms. The molecule has 2 atom stereocenters. The summed E-state index contributed by atoms with van der Waals surface area (Å²) < 4.78 is 15.5. The van der Waals surface area contributed by atoms with Crippen molar-refractivity contribution in [2.45, 2.75) is 66.5 Å². The van der Waals surface area contributed by atoms with Crippen LogP contribution in [0.3, 0.4) is 0 Å². The van der Waals surface area contributed by atoms with E-state index in [1.54, 1.807) is 67.7 Å². The van der Waals surface area contributed by atoms with Crippen LogP contribution in [0.25, 0.3) is 44.3 Å². The first kappa shape index (κ1) is 63.3. The molecule has 2 unspecified atom stereocenters. The second kappa shape index (κ2) is 30.9. The van der Waals surface area contributed by atoms with Crippen LogP contribution in [0, 0.1) is 13.8 Å². The highest BCUT2D eigenvalue weighted by atomic mass is 79.9. The van der Waals surface area contributed by atoms with E-state index in [4.69, 9.17) is 29.5 Å². The highest BCUT2D eigenvalue weighted by Crippen LogP contribution is 2.27. The molecule has 7 aromatic carbocycles. The van der Waals surface area contributed by atoms with Gasteiger partial charge in [-0.3, -0.25) is 33.3 Å². The molecule has 2 N–H and O–H groups in total. The average molecular weight is 1220 g/mol. The van der Waals surface area contributed by atoms with Crippen LogP contribution in [-0.4, -0.2) is 102 Å². The van der Waals surface area contributed by atoms with Crippen molar-refractivity contribution in [1.29, 1.82) is 0 Å². The Kier molecular flexibility index (Phi) is 22.8. The number of para-hydroxylation sites is 2. The van der Waals surface area contributed by atoms with Gasteiger partial charge in [-0.1, -0.05) is 142 Å². The van der Waals surface area contributed by atoms with Crippen molar-refractivity contribution in [3.63, 3.8) is 0 Å². The first-order chi connectivity index (χ1) is 41.6. The van der Waals surface area contributed by atoms with Crippen molar-refractivity contribution >= 4 is 62.1 Å². The molecule has 10 aromatic rings. The number of carbonyl (C=O) groups is 2. The summed E-state index contributed by atoms with van der Waals surface area (Å²) in [5.74, 6) is 0.910. The molecule has 0 spiro atoms. The topological polar surface area (TPSA) is 182 Å². The van der Waals surface area contributed by atoms with Gasteiger partial charge < -0.3 is 29.3 Å². The van der Waals surface area contributed by atoms with Crippen LogP contribution >= 0.6 is 15.9 Å². The Morgan fingerprint density at radius 2 is 0.930 bits per heavy atom. The molecule has 0 aliphatic heterocycles. The van der Waals surface area contributed by atoms with Crippen LogP contribution in [0.4, 0.5) is 0 Å². The zero-order valence-corrected chi connectivity index (χ0v) is 50.9. The molecule has 0 fully saturated rings. The molecule has 2 amide bonds. The van der Waals surface area contributed by atoms with Crippen molar-refractivity contribution in [3.8, 4) is 22.5 Å². The van der Waals surface area contributed by atoms with Crippen molar-refractivity contribution in [3.05, 3.63) is 260 Å². The summed E-state index contributed by atoms with van der Waals surface area (Å²) in [5, 5.41) is 18.2. The summed E-state index contributed by atoms with van der Waals surface area (Å²) in [5.41, 5.74) is 8.99. The van der Waals surface area contributed by atoms with Gasteiger partial charge in [-0.2, -0.15) is 0 Å². The van der Waals surface area contributed by atoms with Crippen LogP contribution in [-0.2, 0) is 31.9 Å². The smallest absolute Gasteiger partial charge is 0.423 e. The van der Waals surface area contributed by atoms with E-state index >= 15 is 0 Å². The first-order valence-electron chi connectivity index (χ1n) is 28.7. The number of halogens is 1. The Morgan fingerprint density at radius 3 is 1.34 bits per heavy atom. The SMILES string of the molecule is CCOCCN(C(=O)Cc1ccc(-c2ccncc2)cc1)C(C)c1nc2ccccc2c(=O)n1-c1ccc(C)cc1.CCOCCN(C(=O)Cc1ccc(Br)cc1)C(C)c1nc2ccccc2c(=O)n1-c1ccc(C)cc1.OB(O)c1ccccc1. The minimum absolute atomic E-state index is 0.0533. The van der Waals surface area contributed by atoms with Gasteiger partial charge in [0, 0.05) is 43.2 Å². The van der Waals surface area contributed by atoms with Crippen molar-refractivity contribution in [1.82, 2.24) is 33.9 Å². The number of benzene rings is 7. The number of hydrogen-bond acceptors (Lipinski definition) is 11. The normalized spacial score (nSPS) is 11.6. The summed E-state index contributed by atoms with van der Waals surface area (Å²) in [6.07, 6.45) is 3.99. The third-order valence-electron chi connectivity index (χ3n) is 14.6. The molecular weight excluding hydrogens is 1150 g/mol. The Bertz CT molecular complexity index is 3950.